The maximum Gasteiger partial charge on any atom is 0.514 e. The molecule has 0 aromatic heterocycles. The third-order valence-corrected chi connectivity index (χ3v) is 24.4. The number of nitrogens with one attached hydrogen (secondary N) is 5. The average molecular weight is 1470 g/mol. The van der Waals surface area contributed by atoms with Crippen LogP contribution in [0.4, 0.5) is 16.2 Å². The van der Waals surface area contributed by atoms with Crippen molar-refractivity contribution in [1.29, 1.82) is 0 Å². The normalized spacial score (nSPS) is 23.0. The minimum absolute atomic E-state index is 0.0270. The average Bonchev–Trinajstić information content (AvgIpc) is 1.43. The summed E-state index contributed by atoms with van der Waals surface area (Å²) in [4.78, 5) is 80.9. The standard InChI is InChI=1S/C91H114N6O11/c1-62(2)21-19-22-63(3)78-46-47-80-77-44-34-70-59-76(50-52-89(70,5)81(77)51-53-90(78,80)6)105-56-20-54-92-84(98)48-49-85(99)95-83(58-65-32-39-73(40-33-65)106-60-66-23-11-8-12-24-66)87(101)96-82(86(100)94-71-35-30-67(31-36-71)61-107-88(102)108-74-41-37-72(97-103)38-42-74)29-17-18-55-93-91(68-25-13-9-14-26-68,69-27-15-10-16-28-69)79-45-43-75(104-7)57-64(79)4/h8-16,23-28,30-43,45,57,62-64,76-83,93H,17-22,29,44,46-56,58-61H2,1-7H3,(H,92,98)(H,94,100)(H,95,99)(H,96,101)/t63-,64?,76+,77+,78-,79?,80+,81+,82+,83+,89+,90-/m1/s1. The molecule has 2 unspecified atom stereocenters. The highest BCUT2D eigenvalue weighted by molar-refractivity contribution is 5.98. The zero-order valence-electron chi connectivity index (χ0n) is 64.5. The van der Waals surface area contributed by atoms with Crippen LogP contribution < -0.4 is 36.1 Å². The van der Waals surface area contributed by atoms with Crippen LogP contribution in [-0.2, 0) is 58.6 Å². The number of amides is 4. The maximum absolute atomic E-state index is 15.1. The van der Waals surface area contributed by atoms with E-state index in [4.69, 9.17) is 23.7 Å². The molecule has 0 saturated heterocycles. The number of rotatable bonds is 37. The Morgan fingerprint density at radius 1 is 0.639 bits per heavy atom. The number of unbranched alkanes of at least 4 members (excludes halogenated alkanes) is 1. The van der Waals surface area contributed by atoms with Crippen LogP contribution in [-0.4, -0.2) is 74.8 Å². The van der Waals surface area contributed by atoms with Gasteiger partial charge in [0.15, 0.2) is 0 Å². The lowest BCUT2D eigenvalue weighted by molar-refractivity contribution is -0.131. The van der Waals surface area contributed by atoms with E-state index in [-0.39, 0.29) is 73.0 Å². The number of hydrogen-bond donors (Lipinski definition) is 5. The third-order valence-electron chi connectivity index (χ3n) is 24.4. The number of nitrogens with zero attached hydrogens (tertiary/aromatic N) is 1. The van der Waals surface area contributed by atoms with E-state index in [1.165, 1.54) is 75.6 Å². The molecular weight excluding hydrogens is 1350 g/mol. The predicted octanol–water partition coefficient (Wildman–Crippen LogP) is 18.3. The summed E-state index contributed by atoms with van der Waals surface area (Å²) in [5.41, 5.74) is 6.77. The van der Waals surface area contributed by atoms with Crippen molar-refractivity contribution < 1.29 is 47.7 Å². The molecule has 0 spiro atoms. The number of fused-ring (bicyclic) bond motifs is 5. The molecule has 17 nitrogen and oxygen atoms in total. The van der Waals surface area contributed by atoms with Gasteiger partial charge < -0.3 is 50.3 Å². The molecule has 574 valence electrons. The first-order valence-corrected chi connectivity index (χ1v) is 39.7. The van der Waals surface area contributed by atoms with Gasteiger partial charge in [-0.05, 0) is 230 Å². The quantitative estimate of drug-likeness (QED) is 0.00808. The van der Waals surface area contributed by atoms with Crippen LogP contribution in [0.5, 0.6) is 11.5 Å². The summed E-state index contributed by atoms with van der Waals surface area (Å²) in [5.74, 6) is 4.61. The van der Waals surface area contributed by atoms with Gasteiger partial charge in [-0.15, -0.1) is 4.91 Å². The smallest absolute Gasteiger partial charge is 0.497 e. The Balaban J connectivity index is 0.724. The molecular formula is C91H114N6O11. The lowest BCUT2D eigenvalue weighted by atomic mass is 9.47. The molecule has 108 heavy (non-hydrogen) atoms. The van der Waals surface area contributed by atoms with E-state index in [0.29, 0.717) is 68.0 Å². The number of hydrogen-bond acceptors (Lipinski definition) is 13. The van der Waals surface area contributed by atoms with E-state index in [2.05, 4.69) is 140 Å². The summed E-state index contributed by atoms with van der Waals surface area (Å²) in [6.07, 6.45) is 24.0. The lowest BCUT2D eigenvalue weighted by Gasteiger charge is -2.58. The summed E-state index contributed by atoms with van der Waals surface area (Å²) in [5, 5.41) is 18.9. The van der Waals surface area contributed by atoms with Gasteiger partial charge in [0.1, 0.15) is 48.2 Å². The Morgan fingerprint density at radius 2 is 1.31 bits per heavy atom. The number of ether oxygens (including phenoxy) is 5. The Morgan fingerprint density at radius 3 is 2.00 bits per heavy atom. The zero-order chi connectivity index (χ0) is 76.1. The van der Waals surface area contributed by atoms with Gasteiger partial charge in [0.2, 0.25) is 23.6 Å². The van der Waals surface area contributed by atoms with Gasteiger partial charge >= 0.3 is 6.16 Å². The number of allylic oxidation sites excluding steroid dienone is 3. The third kappa shape index (κ3) is 20.6. The molecule has 11 rings (SSSR count). The number of carbonyl (C=O) groups is 5. The van der Waals surface area contributed by atoms with Crippen LogP contribution in [0.15, 0.2) is 205 Å². The van der Waals surface area contributed by atoms with Gasteiger partial charge in [0.25, 0.3) is 0 Å². The monoisotopic (exact) mass is 1470 g/mol. The van der Waals surface area contributed by atoms with Gasteiger partial charge in [-0.3, -0.25) is 19.2 Å². The molecule has 0 aliphatic heterocycles. The number of carbonyl (C=O) groups excluding carboxylic acids is 5. The number of methoxy groups -OCH3 is 1. The van der Waals surface area contributed by atoms with Gasteiger partial charge in [0.05, 0.1) is 18.8 Å². The van der Waals surface area contributed by atoms with Crippen molar-refractivity contribution in [3.05, 3.63) is 232 Å². The van der Waals surface area contributed by atoms with Crippen LogP contribution in [0.3, 0.4) is 0 Å². The fourth-order valence-corrected chi connectivity index (χ4v) is 18.6. The molecule has 17 heteroatoms. The van der Waals surface area contributed by atoms with Crippen LogP contribution in [0.2, 0.25) is 0 Å². The first-order chi connectivity index (χ1) is 52.3. The van der Waals surface area contributed by atoms with E-state index in [9.17, 15) is 24.1 Å². The highest BCUT2D eigenvalue weighted by Gasteiger charge is 2.59. The minimum Gasteiger partial charge on any atom is -0.497 e. The Bertz CT molecular complexity index is 3980. The van der Waals surface area contributed by atoms with E-state index >= 15 is 4.79 Å². The predicted molar refractivity (Wildman–Crippen MR) is 425 cm³/mol. The van der Waals surface area contributed by atoms with E-state index in [0.717, 1.165) is 82.8 Å². The zero-order valence-corrected chi connectivity index (χ0v) is 64.5. The molecule has 12 atom stereocenters. The molecule has 6 aromatic rings. The van der Waals surface area contributed by atoms with E-state index in [1.807, 2.05) is 72.8 Å². The van der Waals surface area contributed by atoms with Crippen molar-refractivity contribution >= 4 is 41.2 Å². The van der Waals surface area contributed by atoms with Crippen LogP contribution in [0.1, 0.15) is 179 Å². The fraction of sp³-hybridized carbons (Fsp3) is 0.484. The first-order valence-electron chi connectivity index (χ1n) is 39.7. The summed E-state index contributed by atoms with van der Waals surface area (Å²) in [6, 6.07) is 48.3. The van der Waals surface area contributed by atoms with Crippen molar-refractivity contribution in [2.24, 2.45) is 63.4 Å². The minimum atomic E-state index is -1.15. The van der Waals surface area contributed by atoms with Crippen LogP contribution >= 0.6 is 0 Å². The second kappa shape index (κ2) is 38.2. The summed E-state index contributed by atoms with van der Waals surface area (Å²) < 4.78 is 29.0. The molecule has 6 aromatic carbocycles. The fourth-order valence-electron chi connectivity index (χ4n) is 18.6. The van der Waals surface area contributed by atoms with Crippen molar-refractivity contribution in [3.8, 4) is 11.5 Å². The second-order valence-corrected chi connectivity index (χ2v) is 31.9. The number of nitroso groups, excluding NO2 is 1. The summed E-state index contributed by atoms with van der Waals surface area (Å²) in [7, 11) is 1.68. The van der Waals surface area contributed by atoms with Crippen molar-refractivity contribution in [3.63, 3.8) is 0 Å². The molecule has 3 saturated carbocycles. The Labute approximate surface area is 640 Å². The molecule has 0 bridgehead atoms. The Kier molecular flexibility index (Phi) is 28.3. The molecule has 0 radical (unpaired) electrons. The number of anilines is 1. The van der Waals surface area contributed by atoms with Crippen molar-refractivity contribution in [2.45, 2.75) is 194 Å². The van der Waals surface area contributed by atoms with Gasteiger partial charge in [-0.25, -0.2) is 4.79 Å². The summed E-state index contributed by atoms with van der Waals surface area (Å²) >= 11 is 0. The molecule has 5 aliphatic rings. The highest BCUT2D eigenvalue weighted by Crippen LogP contribution is 2.67. The molecule has 5 aliphatic carbocycles. The first kappa shape index (κ1) is 79.8. The van der Waals surface area contributed by atoms with Crippen molar-refractivity contribution in [1.82, 2.24) is 21.3 Å². The van der Waals surface area contributed by atoms with Gasteiger partial charge in [-0.1, -0.05) is 194 Å². The molecule has 4 amide bonds. The topological polar surface area (TPSA) is 221 Å². The number of benzene rings is 6. The highest BCUT2D eigenvalue weighted by atomic mass is 16.7. The van der Waals surface area contributed by atoms with Crippen LogP contribution in [0.25, 0.3) is 0 Å². The van der Waals surface area contributed by atoms with E-state index < -0.39 is 41.5 Å². The molecule has 0 heterocycles. The largest absolute Gasteiger partial charge is 0.514 e. The van der Waals surface area contributed by atoms with E-state index in [1.54, 1.807) is 36.9 Å². The lowest BCUT2D eigenvalue weighted by Crippen LogP contribution is -2.53. The SMILES string of the molecule is COC1=CC(C)C(C(NCCCC[C@H](NC(=O)[C@H](Cc2ccc(OCc3ccccc3)cc2)NC(=O)CCC(=O)NCCCO[C@H]2CC[C@@]3(C)C(=CC[C@H]4[C@@H]5CC[C@H]([C@H](C)CCCC(C)C)[C@@]5(C)CC[C@@H]43)C2)C(=O)Nc2ccc(COC(=O)Oc3ccc(N=O)cc3)cc2)(c2ccccc2)c2ccccc2)C=C1. The second-order valence-electron chi connectivity index (χ2n) is 31.9. The Hall–Kier alpha value is -9.19. The van der Waals surface area contributed by atoms with Gasteiger partial charge in [0, 0.05) is 44.0 Å². The summed E-state index contributed by atoms with van der Waals surface area (Å²) in [6.45, 7) is 16.4. The van der Waals surface area contributed by atoms with Gasteiger partial charge in [-0.2, -0.15) is 0 Å². The van der Waals surface area contributed by atoms with Crippen molar-refractivity contribution in [2.75, 3.05) is 32.1 Å². The molecule has 3 fully saturated rings. The van der Waals surface area contributed by atoms with Crippen LogP contribution in [0, 0.1) is 63.1 Å². The molecule has 5 N–H and O–H groups in total. The maximum atomic E-state index is 15.1.